The Labute approximate surface area is 129 Å². The van der Waals surface area contributed by atoms with Crippen LogP contribution in [-0.4, -0.2) is 44.8 Å². The Kier molecular flexibility index (Phi) is 5.92. The summed E-state index contributed by atoms with van der Waals surface area (Å²) in [6.07, 6.45) is 1.25. The second kappa shape index (κ2) is 7.26. The van der Waals surface area contributed by atoms with Crippen LogP contribution in [0.5, 0.6) is 5.75 Å². The van der Waals surface area contributed by atoms with E-state index in [2.05, 4.69) is 5.32 Å². The van der Waals surface area contributed by atoms with Gasteiger partial charge in [-0.3, -0.25) is 9.59 Å². The molecule has 1 unspecified atom stereocenters. The van der Waals surface area contributed by atoms with Crippen LogP contribution in [0.2, 0.25) is 0 Å². The highest BCUT2D eigenvalue weighted by atomic mass is 32.2. The van der Waals surface area contributed by atoms with Crippen molar-refractivity contribution in [2.45, 2.75) is 30.7 Å². The van der Waals surface area contributed by atoms with Crippen molar-refractivity contribution in [3.8, 4) is 5.75 Å². The lowest BCUT2D eigenvalue weighted by atomic mass is 10.1. The number of carbonyl (C=O) groups excluding carboxylic acids is 1. The van der Waals surface area contributed by atoms with Crippen LogP contribution in [0.25, 0.3) is 0 Å². The van der Waals surface area contributed by atoms with Crippen molar-refractivity contribution in [1.82, 2.24) is 5.32 Å². The molecule has 0 heterocycles. The first-order valence-corrected chi connectivity index (χ1v) is 8.45. The summed E-state index contributed by atoms with van der Waals surface area (Å²) in [6, 6.07) is 3.65. The zero-order valence-electron chi connectivity index (χ0n) is 12.6. The number of aliphatic carboxylic acids is 1. The molecule has 1 atom stereocenters. The molecule has 0 saturated heterocycles. The van der Waals surface area contributed by atoms with Gasteiger partial charge in [0.2, 0.25) is 0 Å². The lowest BCUT2D eigenvalue weighted by Gasteiger charge is -2.15. The van der Waals surface area contributed by atoms with E-state index in [1.54, 1.807) is 6.92 Å². The van der Waals surface area contributed by atoms with Crippen LogP contribution >= 0.6 is 0 Å². The Morgan fingerprint density at radius 2 is 2.00 bits per heavy atom. The Bertz CT molecular complexity index is 668. The zero-order chi connectivity index (χ0) is 16.9. The van der Waals surface area contributed by atoms with Crippen LogP contribution < -0.4 is 10.1 Å². The highest BCUT2D eigenvalue weighted by Gasteiger charge is 2.18. The molecule has 122 valence electrons. The topological polar surface area (TPSA) is 110 Å². The lowest BCUT2D eigenvalue weighted by Crippen LogP contribution is -2.33. The van der Waals surface area contributed by atoms with Gasteiger partial charge < -0.3 is 15.2 Å². The minimum Gasteiger partial charge on any atom is -0.496 e. The maximum atomic E-state index is 12.2. The van der Waals surface area contributed by atoms with Gasteiger partial charge in [-0.25, -0.2) is 8.42 Å². The summed E-state index contributed by atoms with van der Waals surface area (Å²) < 4.78 is 28.2. The molecule has 1 amide bonds. The number of hydrogen-bond acceptors (Lipinski definition) is 5. The summed E-state index contributed by atoms with van der Waals surface area (Å²) in [5.74, 6) is -1.21. The van der Waals surface area contributed by atoms with Gasteiger partial charge in [-0.1, -0.05) is 0 Å². The first kappa shape index (κ1) is 18.0. The molecule has 7 nitrogen and oxygen atoms in total. The molecular formula is C14H19NO6S. The molecule has 0 bridgehead atoms. The SMILES string of the molecule is COc1ccc(S(C)(=O)=O)cc1C(=O)NC(C)CCC(=O)O. The van der Waals surface area contributed by atoms with Gasteiger partial charge in [-0.15, -0.1) is 0 Å². The standard InChI is InChI=1S/C14H19NO6S/c1-9(4-7-13(16)17)15-14(18)11-8-10(22(3,19)20)5-6-12(11)21-2/h5-6,8-9H,4,7H2,1-3H3,(H,15,18)(H,16,17). The van der Waals surface area contributed by atoms with Crippen LogP contribution in [0.3, 0.4) is 0 Å². The maximum absolute atomic E-state index is 12.2. The van der Waals surface area contributed by atoms with Gasteiger partial charge >= 0.3 is 5.97 Å². The van der Waals surface area contributed by atoms with Crippen molar-refractivity contribution in [3.63, 3.8) is 0 Å². The zero-order valence-corrected chi connectivity index (χ0v) is 13.4. The van der Waals surface area contributed by atoms with Crippen molar-refractivity contribution < 1.29 is 27.9 Å². The normalized spacial score (nSPS) is 12.5. The highest BCUT2D eigenvalue weighted by Crippen LogP contribution is 2.22. The van der Waals surface area contributed by atoms with E-state index in [-0.39, 0.29) is 35.1 Å². The fourth-order valence-electron chi connectivity index (χ4n) is 1.81. The molecule has 0 saturated carbocycles. The molecule has 1 aromatic carbocycles. The van der Waals surface area contributed by atoms with Gasteiger partial charge in [-0.05, 0) is 31.5 Å². The third kappa shape index (κ3) is 5.03. The molecule has 0 spiro atoms. The van der Waals surface area contributed by atoms with Crippen molar-refractivity contribution in [2.24, 2.45) is 0 Å². The largest absolute Gasteiger partial charge is 0.496 e. The maximum Gasteiger partial charge on any atom is 0.303 e. The summed E-state index contributed by atoms with van der Waals surface area (Å²) >= 11 is 0. The predicted molar refractivity (Wildman–Crippen MR) is 79.9 cm³/mol. The molecule has 1 rings (SSSR count). The second-order valence-corrected chi connectivity index (χ2v) is 6.96. The Balaban J connectivity index is 2.98. The summed E-state index contributed by atoms with van der Waals surface area (Å²) in [6.45, 7) is 1.67. The molecule has 0 aromatic heterocycles. The first-order chi connectivity index (χ1) is 10.1. The van der Waals surface area contributed by atoms with Crippen LogP contribution in [-0.2, 0) is 14.6 Å². The number of carbonyl (C=O) groups is 2. The summed E-state index contributed by atoms with van der Waals surface area (Å²) in [5, 5.41) is 11.3. The quantitative estimate of drug-likeness (QED) is 0.774. The van der Waals surface area contributed by atoms with Crippen molar-refractivity contribution >= 4 is 21.7 Å². The Morgan fingerprint density at radius 1 is 1.36 bits per heavy atom. The molecule has 22 heavy (non-hydrogen) atoms. The molecular weight excluding hydrogens is 310 g/mol. The molecule has 0 aliphatic heterocycles. The summed E-state index contributed by atoms with van der Waals surface area (Å²) in [4.78, 5) is 22.8. The number of rotatable bonds is 7. The number of nitrogens with one attached hydrogen (secondary N) is 1. The van der Waals surface area contributed by atoms with E-state index in [9.17, 15) is 18.0 Å². The third-order valence-corrected chi connectivity index (χ3v) is 4.12. The van der Waals surface area contributed by atoms with Gasteiger partial charge in [0.25, 0.3) is 5.91 Å². The van der Waals surface area contributed by atoms with Crippen LogP contribution in [0.15, 0.2) is 23.1 Å². The van der Waals surface area contributed by atoms with Crippen molar-refractivity contribution in [3.05, 3.63) is 23.8 Å². The fraction of sp³-hybridized carbons (Fsp3) is 0.429. The molecule has 2 N–H and O–H groups in total. The summed E-state index contributed by atoms with van der Waals surface area (Å²) in [5.41, 5.74) is 0.0904. The monoisotopic (exact) mass is 329 g/mol. The third-order valence-electron chi connectivity index (χ3n) is 3.01. The van der Waals surface area contributed by atoms with Gasteiger partial charge in [0.1, 0.15) is 5.75 Å². The van der Waals surface area contributed by atoms with E-state index in [1.165, 1.54) is 25.3 Å². The summed E-state index contributed by atoms with van der Waals surface area (Å²) in [7, 11) is -2.07. The Hall–Kier alpha value is -2.09. The molecule has 0 fully saturated rings. The van der Waals surface area contributed by atoms with Gasteiger partial charge in [0.15, 0.2) is 9.84 Å². The smallest absolute Gasteiger partial charge is 0.303 e. The molecule has 1 aromatic rings. The Morgan fingerprint density at radius 3 is 2.50 bits per heavy atom. The second-order valence-electron chi connectivity index (χ2n) is 4.94. The first-order valence-electron chi connectivity index (χ1n) is 6.56. The van der Waals surface area contributed by atoms with E-state index in [0.717, 1.165) is 6.26 Å². The molecule has 0 aliphatic carbocycles. The van der Waals surface area contributed by atoms with Crippen molar-refractivity contribution in [1.29, 1.82) is 0 Å². The number of methoxy groups -OCH3 is 1. The highest BCUT2D eigenvalue weighted by molar-refractivity contribution is 7.90. The average Bonchev–Trinajstić information content (AvgIpc) is 2.43. The number of benzene rings is 1. The van der Waals surface area contributed by atoms with Gasteiger partial charge in [0.05, 0.1) is 17.6 Å². The predicted octanol–water partition coefficient (Wildman–Crippen LogP) is 1.08. The van der Waals surface area contributed by atoms with Gasteiger partial charge in [0, 0.05) is 18.7 Å². The minimum atomic E-state index is -3.45. The lowest BCUT2D eigenvalue weighted by molar-refractivity contribution is -0.137. The van der Waals surface area contributed by atoms with Crippen LogP contribution in [0.4, 0.5) is 0 Å². The van der Waals surface area contributed by atoms with Crippen LogP contribution in [0, 0.1) is 0 Å². The fourth-order valence-corrected chi connectivity index (χ4v) is 2.46. The van der Waals surface area contributed by atoms with E-state index in [1.807, 2.05) is 0 Å². The van der Waals surface area contributed by atoms with E-state index >= 15 is 0 Å². The number of sulfone groups is 1. The van der Waals surface area contributed by atoms with E-state index in [4.69, 9.17) is 9.84 Å². The molecule has 8 heteroatoms. The van der Waals surface area contributed by atoms with E-state index in [0.29, 0.717) is 0 Å². The molecule has 0 aliphatic rings. The number of hydrogen-bond donors (Lipinski definition) is 2. The number of amides is 1. The van der Waals surface area contributed by atoms with Gasteiger partial charge in [-0.2, -0.15) is 0 Å². The average molecular weight is 329 g/mol. The minimum absolute atomic E-state index is 0.0108. The number of carboxylic acid groups (broad SMARTS) is 1. The van der Waals surface area contributed by atoms with Crippen LogP contribution in [0.1, 0.15) is 30.1 Å². The number of ether oxygens (including phenoxy) is 1. The van der Waals surface area contributed by atoms with Crippen molar-refractivity contribution in [2.75, 3.05) is 13.4 Å². The van der Waals surface area contributed by atoms with E-state index < -0.39 is 21.7 Å². The molecule has 0 radical (unpaired) electrons. The number of carboxylic acids is 1.